The Bertz CT molecular complexity index is 1280. The second kappa shape index (κ2) is 9.36. The molecule has 0 aliphatic carbocycles. The van der Waals surface area contributed by atoms with Gasteiger partial charge in [-0.2, -0.15) is 15.5 Å². The fraction of sp³-hybridized carbons (Fsp3) is 0.273. The van der Waals surface area contributed by atoms with E-state index in [1.165, 1.54) is 6.20 Å². The van der Waals surface area contributed by atoms with Crippen LogP contribution in [0.3, 0.4) is 0 Å². The molecule has 0 fully saturated rings. The van der Waals surface area contributed by atoms with E-state index in [4.69, 9.17) is 22.9 Å². The maximum atomic E-state index is 10.1. The molecule has 170 valence electrons. The Morgan fingerprint density at radius 1 is 1.42 bits per heavy atom. The van der Waals surface area contributed by atoms with E-state index in [2.05, 4.69) is 31.6 Å². The summed E-state index contributed by atoms with van der Waals surface area (Å²) in [5, 5.41) is 30.5. The van der Waals surface area contributed by atoms with Gasteiger partial charge in [0.1, 0.15) is 27.8 Å². The third-order valence-electron chi connectivity index (χ3n) is 5.06. The first-order valence-electron chi connectivity index (χ1n) is 9.97. The van der Waals surface area contributed by atoms with Crippen molar-refractivity contribution in [3.05, 3.63) is 63.7 Å². The van der Waals surface area contributed by atoms with Gasteiger partial charge in [-0.05, 0) is 38.5 Å². The molecule has 2 heterocycles. The minimum absolute atomic E-state index is 0.0365. The van der Waals surface area contributed by atoms with Crippen LogP contribution in [-0.4, -0.2) is 24.9 Å². The summed E-state index contributed by atoms with van der Waals surface area (Å²) >= 11 is 6.34. The fourth-order valence-electron chi connectivity index (χ4n) is 3.13. The molecule has 0 atom stereocenters. The van der Waals surface area contributed by atoms with Crippen LogP contribution in [0.25, 0.3) is 17.1 Å². The van der Waals surface area contributed by atoms with Crippen LogP contribution in [0.4, 0.5) is 5.82 Å². The van der Waals surface area contributed by atoms with Crippen molar-refractivity contribution in [2.75, 3.05) is 5.73 Å². The predicted molar refractivity (Wildman–Crippen MR) is 125 cm³/mol. The number of halogens is 1. The number of nitrogens with one attached hydrogen (secondary N) is 2. The Labute approximate surface area is 196 Å². The van der Waals surface area contributed by atoms with Crippen molar-refractivity contribution in [3.63, 3.8) is 0 Å². The molecule has 0 radical (unpaired) electrons. The number of nitrogens with zero attached hydrogens (tertiary/aromatic N) is 6. The lowest BCUT2D eigenvalue weighted by molar-refractivity contribution is 0.0732. The van der Waals surface area contributed by atoms with Gasteiger partial charge in [0.25, 0.3) is 0 Å². The van der Waals surface area contributed by atoms with E-state index < -0.39 is 5.60 Å². The van der Waals surface area contributed by atoms with Gasteiger partial charge in [0, 0.05) is 18.8 Å². The van der Waals surface area contributed by atoms with Crippen molar-refractivity contribution in [1.29, 1.82) is 10.8 Å². The minimum atomic E-state index is -1.06. The van der Waals surface area contributed by atoms with Crippen molar-refractivity contribution in [1.82, 2.24) is 25.1 Å². The van der Waals surface area contributed by atoms with Crippen molar-refractivity contribution >= 4 is 23.1 Å². The van der Waals surface area contributed by atoms with Gasteiger partial charge in [-0.1, -0.05) is 23.7 Å². The highest BCUT2D eigenvalue weighted by molar-refractivity contribution is 6.34. The van der Waals surface area contributed by atoms with Crippen LogP contribution in [0, 0.1) is 23.8 Å². The first-order valence-corrected chi connectivity index (χ1v) is 10.3. The summed E-state index contributed by atoms with van der Waals surface area (Å²) in [6.07, 6.45) is 1.50. The number of hydrogen-bond donors (Lipinski definition) is 4. The molecule has 2 aromatic heterocycles. The van der Waals surface area contributed by atoms with Crippen molar-refractivity contribution in [3.8, 4) is 17.5 Å². The van der Waals surface area contributed by atoms with E-state index >= 15 is 0 Å². The van der Waals surface area contributed by atoms with Crippen molar-refractivity contribution in [2.45, 2.75) is 32.9 Å². The number of aromatic nitrogens is 4. The lowest BCUT2D eigenvalue weighted by atomic mass is 10.0. The van der Waals surface area contributed by atoms with Crippen molar-refractivity contribution < 1.29 is 5.11 Å². The number of aliphatic hydroxyl groups is 1. The highest BCUT2D eigenvalue weighted by Gasteiger charge is 2.21. The molecule has 0 unspecified atom stereocenters. The highest BCUT2D eigenvalue weighted by Crippen LogP contribution is 2.31. The van der Waals surface area contributed by atoms with Crippen LogP contribution in [0.15, 0.2) is 35.6 Å². The Morgan fingerprint density at radius 3 is 2.76 bits per heavy atom. The first kappa shape index (κ1) is 23.8. The van der Waals surface area contributed by atoms with E-state index in [1.807, 2.05) is 0 Å². The normalized spacial score (nSPS) is 11.8. The van der Waals surface area contributed by atoms with Gasteiger partial charge in [-0.25, -0.2) is 15.5 Å². The molecule has 0 aliphatic heterocycles. The monoisotopic (exact) mass is 465 g/mol. The Morgan fingerprint density at radius 2 is 2.15 bits per heavy atom. The molecule has 0 aliphatic rings. The second-order valence-corrected chi connectivity index (χ2v) is 8.29. The molecule has 0 bridgehead atoms. The van der Waals surface area contributed by atoms with Crippen molar-refractivity contribution in [2.24, 2.45) is 12.2 Å². The zero-order valence-corrected chi connectivity index (χ0v) is 19.4. The van der Waals surface area contributed by atoms with E-state index in [0.717, 1.165) is 5.69 Å². The maximum Gasteiger partial charge on any atom is 0.162 e. The Balaban J connectivity index is 1.94. The summed E-state index contributed by atoms with van der Waals surface area (Å²) in [4.78, 5) is 8.75. The van der Waals surface area contributed by atoms with Gasteiger partial charge in [-0.3, -0.25) is 4.68 Å². The summed E-state index contributed by atoms with van der Waals surface area (Å²) in [5.74, 6) is 0.312. The lowest BCUT2D eigenvalue weighted by Gasteiger charge is -2.12. The van der Waals surface area contributed by atoms with Gasteiger partial charge >= 0.3 is 0 Å². The summed E-state index contributed by atoms with van der Waals surface area (Å²) in [5.41, 5.74) is 16.1. The van der Waals surface area contributed by atoms with Crippen LogP contribution >= 0.6 is 11.6 Å². The topological polar surface area (TPSA) is 162 Å². The number of aryl methyl sites for hydroxylation is 1. The third kappa shape index (κ3) is 5.00. The number of rotatable bonds is 7. The summed E-state index contributed by atoms with van der Waals surface area (Å²) in [6.45, 7) is 5.48. The number of hydrogen-bond acceptors (Lipinski definition) is 9. The number of benzene rings is 1. The van der Waals surface area contributed by atoms with Crippen LogP contribution in [-0.2, 0) is 19.2 Å². The average molecular weight is 466 g/mol. The number of anilines is 1. The summed E-state index contributed by atoms with van der Waals surface area (Å²) in [6, 6.07) is 9.14. The summed E-state index contributed by atoms with van der Waals surface area (Å²) in [7, 11) is 1.78. The average Bonchev–Trinajstić information content (AvgIpc) is 3.15. The lowest BCUT2D eigenvalue weighted by Crippen LogP contribution is -2.16. The van der Waals surface area contributed by atoms with E-state index in [-0.39, 0.29) is 28.1 Å². The number of nitrogen functional groups attached to an aromatic ring is 1. The van der Waals surface area contributed by atoms with Crippen LogP contribution in [0.1, 0.15) is 42.1 Å². The molecule has 11 heteroatoms. The largest absolute Gasteiger partial charge is 0.384 e. The molecule has 0 amide bonds. The smallest absolute Gasteiger partial charge is 0.162 e. The molecule has 0 saturated carbocycles. The molecule has 33 heavy (non-hydrogen) atoms. The van der Waals surface area contributed by atoms with Gasteiger partial charge < -0.3 is 16.2 Å². The predicted octanol–water partition coefficient (Wildman–Crippen LogP) is 3.64. The highest BCUT2D eigenvalue weighted by atomic mass is 35.5. The quantitative estimate of drug-likeness (QED) is 0.387. The maximum absolute atomic E-state index is 10.1. The Hall–Kier alpha value is -3.81. The van der Waals surface area contributed by atoms with E-state index in [0.29, 0.717) is 28.9 Å². The standard InChI is InChI=1S/C22H24ClN9O/c1-12-13(9-24)6-5-7-15(12)21-28-19(18(23)20(25)29-21)16(30-26)11-27-10-14-8-17(22(2,3)33)31-32(14)4/h5-8,11,26-27,33H,10H2,1-4H3,(H2,25,28,29)/b16-11-,30-26?. The number of nitriles is 1. The van der Waals surface area contributed by atoms with Crippen LogP contribution in [0.5, 0.6) is 0 Å². The van der Waals surface area contributed by atoms with Crippen LogP contribution < -0.4 is 11.1 Å². The first-order chi connectivity index (χ1) is 15.6. The van der Waals surface area contributed by atoms with Gasteiger partial charge in [0.05, 0.1) is 29.6 Å². The number of nitrogens with two attached hydrogens (primary N) is 1. The van der Waals surface area contributed by atoms with E-state index in [9.17, 15) is 10.4 Å². The fourth-order valence-corrected chi connectivity index (χ4v) is 3.31. The summed E-state index contributed by atoms with van der Waals surface area (Å²) < 4.78 is 1.66. The molecule has 1 aromatic carbocycles. The van der Waals surface area contributed by atoms with Crippen LogP contribution in [0.2, 0.25) is 5.02 Å². The zero-order valence-electron chi connectivity index (χ0n) is 18.7. The zero-order chi connectivity index (χ0) is 24.3. The van der Waals surface area contributed by atoms with Gasteiger partial charge in [0.15, 0.2) is 5.82 Å². The third-order valence-corrected chi connectivity index (χ3v) is 5.43. The van der Waals surface area contributed by atoms with E-state index in [1.54, 1.807) is 56.8 Å². The molecule has 0 spiro atoms. The molecule has 3 aromatic rings. The van der Waals surface area contributed by atoms with Gasteiger partial charge in [-0.15, -0.1) is 0 Å². The Kier molecular flexibility index (Phi) is 6.76. The SMILES string of the molecule is Cc1c(C#N)cccc1-c1nc(N)c(Cl)c(/C(=C/NCc2cc(C(C)(C)O)nn2C)N=N)n1. The minimum Gasteiger partial charge on any atom is -0.384 e. The second-order valence-electron chi connectivity index (χ2n) is 7.91. The molecular weight excluding hydrogens is 442 g/mol. The molecular formula is C22H24ClN9O. The molecule has 3 rings (SSSR count). The molecule has 5 N–H and O–H groups in total. The molecule has 0 saturated heterocycles. The molecule has 10 nitrogen and oxygen atoms in total. The van der Waals surface area contributed by atoms with Gasteiger partial charge in [0.2, 0.25) is 0 Å².